The second-order valence-electron chi connectivity index (χ2n) is 5.68. The molecule has 21 heavy (non-hydrogen) atoms. The van der Waals surface area contributed by atoms with Crippen molar-refractivity contribution in [1.82, 2.24) is 9.97 Å². The number of ether oxygens (including phenoxy) is 1. The number of aromatic carboxylic acids is 1. The predicted octanol–water partition coefficient (Wildman–Crippen LogP) is 4.04. The van der Waals surface area contributed by atoms with E-state index >= 15 is 0 Å². The van der Waals surface area contributed by atoms with Gasteiger partial charge in [-0.3, -0.25) is 0 Å². The largest absolute Gasteiger partial charge is 0.487 e. The molecule has 1 aromatic rings. The lowest BCUT2D eigenvalue weighted by atomic mass is 10.1. The molecular weight excluding hydrogens is 268 g/mol. The van der Waals surface area contributed by atoms with Gasteiger partial charge in [-0.15, -0.1) is 0 Å². The summed E-state index contributed by atoms with van der Waals surface area (Å²) in [5.41, 5.74) is -0.0471. The zero-order chi connectivity index (χ0) is 15.8. The first kappa shape index (κ1) is 17.4. The van der Waals surface area contributed by atoms with Gasteiger partial charge in [-0.1, -0.05) is 40.0 Å². The van der Waals surface area contributed by atoms with Gasteiger partial charge in [0.1, 0.15) is 5.82 Å². The molecule has 0 saturated heterocycles. The topological polar surface area (TPSA) is 72.3 Å². The molecule has 1 N–H and O–H groups in total. The fourth-order valence-electron chi connectivity index (χ4n) is 2.04. The third-order valence-corrected chi connectivity index (χ3v) is 3.29. The van der Waals surface area contributed by atoms with Crippen LogP contribution in [0.3, 0.4) is 0 Å². The predicted molar refractivity (Wildman–Crippen MR) is 81.9 cm³/mol. The summed E-state index contributed by atoms with van der Waals surface area (Å²) in [6.07, 6.45) is 7.04. The molecule has 0 amide bonds. The van der Waals surface area contributed by atoms with Crippen LogP contribution in [0.25, 0.3) is 0 Å². The van der Waals surface area contributed by atoms with Crippen LogP contribution in [-0.4, -0.2) is 27.1 Å². The van der Waals surface area contributed by atoms with E-state index in [0.717, 1.165) is 12.8 Å². The van der Waals surface area contributed by atoms with Crippen LogP contribution in [0, 0.1) is 0 Å². The average molecular weight is 294 g/mol. The summed E-state index contributed by atoms with van der Waals surface area (Å²) < 4.78 is 5.72. The van der Waals surface area contributed by atoms with Crippen molar-refractivity contribution in [1.29, 1.82) is 0 Å². The van der Waals surface area contributed by atoms with Crippen molar-refractivity contribution in [3.05, 3.63) is 17.7 Å². The molecule has 0 radical (unpaired) electrons. The highest BCUT2D eigenvalue weighted by atomic mass is 16.5. The SMILES string of the molecule is CCCCCCC(C)Oc1cnc(C(C)C)nc1C(=O)O. The van der Waals surface area contributed by atoms with Crippen LogP contribution >= 0.6 is 0 Å². The van der Waals surface area contributed by atoms with Gasteiger partial charge in [0.25, 0.3) is 0 Å². The van der Waals surface area contributed by atoms with E-state index in [4.69, 9.17) is 4.74 Å². The summed E-state index contributed by atoms with van der Waals surface area (Å²) in [6, 6.07) is 0. The minimum absolute atomic E-state index is 0.0338. The molecule has 1 heterocycles. The molecule has 0 aliphatic heterocycles. The van der Waals surface area contributed by atoms with Crippen LogP contribution in [0.15, 0.2) is 6.20 Å². The van der Waals surface area contributed by atoms with Gasteiger partial charge < -0.3 is 9.84 Å². The van der Waals surface area contributed by atoms with Crippen molar-refractivity contribution in [2.24, 2.45) is 0 Å². The van der Waals surface area contributed by atoms with E-state index in [1.54, 1.807) is 0 Å². The minimum atomic E-state index is -1.08. The average Bonchev–Trinajstić information content (AvgIpc) is 2.43. The van der Waals surface area contributed by atoms with Crippen LogP contribution in [0.1, 0.15) is 82.0 Å². The highest BCUT2D eigenvalue weighted by Gasteiger charge is 2.18. The number of unbranched alkanes of at least 4 members (excludes halogenated alkanes) is 3. The Morgan fingerprint density at radius 1 is 1.29 bits per heavy atom. The number of nitrogens with zero attached hydrogens (tertiary/aromatic N) is 2. The monoisotopic (exact) mass is 294 g/mol. The number of hydrogen-bond acceptors (Lipinski definition) is 4. The van der Waals surface area contributed by atoms with Gasteiger partial charge in [0.05, 0.1) is 12.3 Å². The maximum atomic E-state index is 11.3. The smallest absolute Gasteiger partial charge is 0.358 e. The van der Waals surface area contributed by atoms with Gasteiger partial charge in [-0.2, -0.15) is 0 Å². The maximum Gasteiger partial charge on any atom is 0.358 e. The molecule has 5 heteroatoms. The first-order valence-corrected chi connectivity index (χ1v) is 7.72. The van der Waals surface area contributed by atoms with Crippen LogP contribution in [0.5, 0.6) is 5.75 Å². The van der Waals surface area contributed by atoms with E-state index in [-0.39, 0.29) is 23.5 Å². The first-order valence-electron chi connectivity index (χ1n) is 7.72. The van der Waals surface area contributed by atoms with Crippen molar-refractivity contribution in [3.63, 3.8) is 0 Å². The van der Waals surface area contributed by atoms with E-state index in [1.807, 2.05) is 20.8 Å². The summed E-state index contributed by atoms with van der Waals surface area (Å²) in [5, 5.41) is 9.26. The number of rotatable bonds is 9. The van der Waals surface area contributed by atoms with Gasteiger partial charge >= 0.3 is 5.97 Å². The fourth-order valence-corrected chi connectivity index (χ4v) is 2.04. The second-order valence-corrected chi connectivity index (χ2v) is 5.68. The standard InChI is InChI=1S/C16H26N2O3/c1-5-6-7-8-9-12(4)21-13-10-17-15(11(2)3)18-14(13)16(19)20/h10-12H,5-9H2,1-4H3,(H,19,20). The Hall–Kier alpha value is -1.65. The van der Waals surface area contributed by atoms with E-state index in [0.29, 0.717) is 5.82 Å². The Bertz CT molecular complexity index is 461. The summed E-state index contributed by atoms with van der Waals surface area (Å²) in [4.78, 5) is 19.6. The number of hydrogen-bond donors (Lipinski definition) is 1. The zero-order valence-electron chi connectivity index (χ0n) is 13.4. The molecule has 1 unspecified atom stereocenters. The lowest BCUT2D eigenvalue weighted by molar-refractivity contribution is 0.0681. The molecule has 1 rings (SSSR count). The fraction of sp³-hybridized carbons (Fsp3) is 0.688. The molecule has 0 bridgehead atoms. The quantitative estimate of drug-likeness (QED) is 0.696. The summed E-state index contributed by atoms with van der Waals surface area (Å²) in [7, 11) is 0. The molecule has 1 aromatic heterocycles. The second kappa shape index (κ2) is 8.60. The van der Waals surface area contributed by atoms with Crippen LogP contribution in [-0.2, 0) is 0 Å². The van der Waals surface area contributed by atoms with Gasteiger partial charge in [0.15, 0.2) is 11.4 Å². The summed E-state index contributed by atoms with van der Waals surface area (Å²) in [5.74, 6) is -0.207. The van der Waals surface area contributed by atoms with Crippen LogP contribution in [0.4, 0.5) is 0 Å². The summed E-state index contributed by atoms with van der Waals surface area (Å²) >= 11 is 0. The van der Waals surface area contributed by atoms with Crippen molar-refractivity contribution in [2.45, 2.75) is 71.8 Å². The van der Waals surface area contributed by atoms with Crippen LogP contribution < -0.4 is 4.74 Å². The molecule has 5 nitrogen and oxygen atoms in total. The Morgan fingerprint density at radius 2 is 2.00 bits per heavy atom. The van der Waals surface area contributed by atoms with E-state index in [1.165, 1.54) is 25.5 Å². The first-order chi connectivity index (χ1) is 9.95. The molecule has 0 aliphatic carbocycles. The molecule has 0 aromatic carbocycles. The Kier molecular flexibility index (Phi) is 7.12. The number of carboxylic acids is 1. The number of carbonyl (C=O) groups is 1. The van der Waals surface area contributed by atoms with Crippen molar-refractivity contribution in [3.8, 4) is 5.75 Å². The van der Waals surface area contributed by atoms with Crippen molar-refractivity contribution >= 4 is 5.97 Å². The van der Waals surface area contributed by atoms with E-state index < -0.39 is 5.97 Å². The Labute approximate surface area is 126 Å². The molecule has 1 atom stereocenters. The Morgan fingerprint density at radius 3 is 2.57 bits per heavy atom. The molecule has 118 valence electrons. The van der Waals surface area contributed by atoms with Crippen molar-refractivity contribution in [2.75, 3.05) is 0 Å². The lowest BCUT2D eigenvalue weighted by Crippen LogP contribution is -2.16. The summed E-state index contributed by atoms with van der Waals surface area (Å²) in [6.45, 7) is 7.98. The van der Waals surface area contributed by atoms with E-state index in [9.17, 15) is 9.90 Å². The van der Waals surface area contributed by atoms with Crippen LogP contribution in [0.2, 0.25) is 0 Å². The van der Waals surface area contributed by atoms with Gasteiger partial charge in [-0.05, 0) is 19.8 Å². The normalized spacial score (nSPS) is 12.4. The lowest BCUT2D eigenvalue weighted by Gasteiger charge is -2.16. The third-order valence-electron chi connectivity index (χ3n) is 3.29. The Balaban J connectivity index is 2.71. The molecule has 0 spiro atoms. The van der Waals surface area contributed by atoms with Gasteiger partial charge in [0, 0.05) is 5.92 Å². The maximum absolute atomic E-state index is 11.3. The van der Waals surface area contributed by atoms with E-state index in [2.05, 4.69) is 16.9 Å². The third kappa shape index (κ3) is 5.69. The van der Waals surface area contributed by atoms with Crippen molar-refractivity contribution < 1.29 is 14.6 Å². The number of aromatic nitrogens is 2. The molecule has 0 fully saturated rings. The highest BCUT2D eigenvalue weighted by molar-refractivity contribution is 5.88. The van der Waals surface area contributed by atoms with Gasteiger partial charge in [-0.25, -0.2) is 14.8 Å². The molecule has 0 aliphatic rings. The minimum Gasteiger partial charge on any atom is -0.487 e. The molecular formula is C16H26N2O3. The number of carboxylic acid groups (broad SMARTS) is 1. The highest BCUT2D eigenvalue weighted by Crippen LogP contribution is 2.21. The molecule has 0 saturated carbocycles. The van der Waals surface area contributed by atoms with Gasteiger partial charge in [0.2, 0.25) is 0 Å². The zero-order valence-corrected chi connectivity index (χ0v) is 13.4.